The summed E-state index contributed by atoms with van der Waals surface area (Å²) in [5.41, 5.74) is -22.4. The average molecular weight is 674 g/mol. The van der Waals surface area contributed by atoms with Crippen molar-refractivity contribution in [3.63, 3.8) is 0 Å². The Morgan fingerprint density at radius 2 is 0.952 bits per heavy atom. The minimum atomic E-state index is -8.27. The molecule has 1 rings (SSSR count). The van der Waals surface area contributed by atoms with E-state index in [1.54, 1.807) is 0 Å². The Kier molecular flexibility index (Phi) is 10.8. The monoisotopic (exact) mass is 674 g/mol. The lowest BCUT2D eigenvalue weighted by Gasteiger charge is -2.41. The number of ether oxygens (including phenoxy) is 1. The summed E-state index contributed by atoms with van der Waals surface area (Å²) in [6.45, 7) is 2.27. The largest absolute Gasteiger partial charge is 0.452 e. The molecule has 244 valence electrons. The molecule has 0 atom stereocenters. The maximum atomic E-state index is 14.7. The molecule has 1 aromatic rings. The molecule has 0 unspecified atom stereocenters. The topological polar surface area (TPSA) is 44.8 Å². The molecular weight excluding hydrogens is 658 g/mol. The standard InChI is InChI=1S/C20H16F17O4P/c1-3-39-42(38,40-4-2)9-10-5-7-11(8-6-10)41-13(16(23,24)25)12(14(21,17(26,27)28)18(29,30)31)15(22,19(32,33)34)20(35,36)37/h5-8H,3-4,9H2,1-2H3. The molecule has 22 heteroatoms. The van der Waals surface area contributed by atoms with Crippen molar-refractivity contribution < 1.29 is 93.0 Å². The van der Waals surface area contributed by atoms with Crippen LogP contribution in [0, 0.1) is 0 Å². The maximum Gasteiger partial charge on any atom is 0.449 e. The first kappa shape index (κ1) is 37.7. The van der Waals surface area contributed by atoms with Crippen molar-refractivity contribution in [2.75, 3.05) is 13.2 Å². The van der Waals surface area contributed by atoms with E-state index < -0.39 is 73.1 Å². The minimum Gasteiger partial charge on any atom is -0.452 e. The number of benzene rings is 1. The van der Waals surface area contributed by atoms with Crippen LogP contribution >= 0.6 is 7.60 Å². The Balaban J connectivity index is 4.18. The molecule has 0 fully saturated rings. The van der Waals surface area contributed by atoms with Gasteiger partial charge in [0.1, 0.15) is 5.75 Å². The van der Waals surface area contributed by atoms with Crippen LogP contribution in [0.5, 0.6) is 5.75 Å². The summed E-state index contributed by atoms with van der Waals surface area (Å²) in [5.74, 6) is -6.34. The van der Waals surface area contributed by atoms with Gasteiger partial charge in [-0.3, -0.25) is 4.57 Å². The van der Waals surface area contributed by atoms with Crippen molar-refractivity contribution in [3.8, 4) is 5.75 Å². The highest BCUT2D eigenvalue weighted by atomic mass is 31.2. The average Bonchev–Trinajstić information content (AvgIpc) is 2.76. The zero-order valence-electron chi connectivity index (χ0n) is 20.4. The van der Waals surface area contributed by atoms with Gasteiger partial charge >= 0.3 is 49.8 Å². The molecule has 0 aliphatic rings. The van der Waals surface area contributed by atoms with Crippen LogP contribution in [0.1, 0.15) is 19.4 Å². The summed E-state index contributed by atoms with van der Waals surface area (Å²) in [7, 11) is -3.97. The van der Waals surface area contributed by atoms with Gasteiger partial charge in [0.25, 0.3) is 0 Å². The first-order valence-corrected chi connectivity index (χ1v) is 12.4. The third-order valence-corrected chi connectivity index (χ3v) is 6.96. The molecule has 0 aliphatic heterocycles. The van der Waals surface area contributed by atoms with E-state index in [1.165, 1.54) is 13.8 Å². The summed E-state index contributed by atoms with van der Waals surface area (Å²) in [6, 6.07) is 1.34. The van der Waals surface area contributed by atoms with Gasteiger partial charge in [0, 0.05) is 0 Å². The Morgan fingerprint density at radius 3 is 1.21 bits per heavy atom. The highest BCUT2D eigenvalue weighted by Gasteiger charge is 2.88. The second-order valence-electron chi connectivity index (χ2n) is 7.86. The van der Waals surface area contributed by atoms with Gasteiger partial charge in [0.05, 0.1) is 24.9 Å². The second kappa shape index (κ2) is 12.0. The Hall–Kier alpha value is -2.28. The molecule has 42 heavy (non-hydrogen) atoms. The highest BCUT2D eigenvalue weighted by Crippen LogP contribution is 2.63. The van der Waals surface area contributed by atoms with Crippen molar-refractivity contribution in [1.82, 2.24) is 0 Å². The molecular formula is C20H16F17O4P. The van der Waals surface area contributed by atoms with Crippen LogP contribution in [-0.4, -0.2) is 55.4 Å². The highest BCUT2D eigenvalue weighted by molar-refractivity contribution is 7.53. The van der Waals surface area contributed by atoms with Gasteiger partial charge in [0.2, 0.25) is 5.76 Å². The SMILES string of the molecule is CCOP(=O)(Cc1ccc(OC(=C(C(F)(C(F)(F)F)C(F)(F)F)C(F)(C(F)(F)F)C(F)(F)F)C(F)(F)F)cc1)OCC. The Bertz CT molecular complexity index is 1070. The zero-order chi connectivity index (χ0) is 33.4. The third-order valence-electron chi connectivity index (χ3n) is 4.91. The lowest BCUT2D eigenvalue weighted by molar-refractivity contribution is -0.365. The minimum absolute atomic E-state index is 0.128. The molecule has 0 spiro atoms. The Labute approximate surface area is 223 Å². The second-order valence-corrected chi connectivity index (χ2v) is 9.91. The number of rotatable bonds is 10. The van der Waals surface area contributed by atoms with Gasteiger partial charge in [-0.1, -0.05) is 12.1 Å². The van der Waals surface area contributed by atoms with Gasteiger partial charge in [-0.2, -0.15) is 65.9 Å². The van der Waals surface area contributed by atoms with Gasteiger partial charge in [-0.15, -0.1) is 0 Å². The van der Waals surface area contributed by atoms with E-state index in [9.17, 15) is 79.2 Å². The maximum absolute atomic E-state index is 14.7. The zero-order valence-corrected chi connectivity index (χ0v) is 21.3. The van der Waals surface area contributed by atoms with Crippen molar-refractivity contribution in [3.05, 3.63) is 41.2 Å². The quantitative estimate of drug-likeness (QED) is 0.141. The summed E-state index contributed by atoms with van der Waals surface area (Å²) in [5, 5.41) is 0. The number of alkyl halides is 17. The summed E-state index contributed by atoms with van der Waals surface area (Å²) >= 11 is 0. The number of halogens is 17. The molecule has 0 N–H and O–H groups in total. The van der Waals surface area contributed by atoms with E-state index in [0.29, 0.717) is 12.1 Å². The fraction of sp³-hybridized carbons (Fsp3) is 0.600. The third kappa shape index (κ3) is 7.43. The Morgan fingerprint density at radius 1 is 0.619 bits per heavy atom. The van der Waals surface area contributed by atoms with E-state index in [2.05, 4.69) is 4.74 Å². The summed E-state index contributed by atoms with van der Waals surface area (Å²) in [4.78, 5) is 0. The van der Waals surface area contributed by atoms with Gasteiger partial charge < -0.3 is 13.8 Å². The van der Waals surface area contributed by atoms with E-state index in [0.717, 1.165) is 0 Å². The molecule has 0 amide bonds. The lowest BCUT2D eigenvalue weighted by atomic mass is 9.79. The van der Waals surface area contributed by atoms with Crippen molar-refractivity contribution >= 4 is 7.60 Å². The van der Waals surface area contributed by atoms with Gasteiger partial charge in [-0.05, 0) is 31.5 Å². The first-order chi connectivity index (χ1) is 18.5. The van der Waals surface area contributed by atoms with Crippen molar-refractivity contribution in [2.24, 2.45) is 0 Å². The fourth-order valence-corrected chi connectivity index (χ4v) is 4.92. The predicted molar refractivity (Wildman–Crippen MR) is 107 cm³/mol. The van der Waals surface area contributed by atoms with Crippen LogP contribution in [0.3, 0.4) is 0 Å². The number of hydrogen-bond donors (Lipinski definition) is 0. The van der Waals surface area contributed by atoms with Crippen molar-refractivity contribution in [2.45, 2.75) is 62.2 Å². The number of allylic oxidation sites excluding steroid dienone is 2. The van der Waals surface area contributed by atoms with E-state index in [1.807, 2.05) is 0 Å². The molecule has 0 saturated heterocycles. The van der Waals surface area contributed by atoms with Crippen LogP contribution in [0.25, 0.3) is 0 Å². The van der Waals surface area contributed by atoms with Crippen LogP contribution in [0.2, 0.25) is 0 Å². The van der Waals surface area contributed by atoms with E-state index in [-0.39, 0.29) is 30.9 Å². The molecule has 0 saturated carbocycles. The molecule has 0 aromatic heterocycles. The fourth-order valence-electron chi connectivity index (χ4n) is 3.22. The van der Waals surface area contributed by atoms with Crippen LogP contribution in [0.4, 0.5) is 74.6 Å². The first-order valence-electron chi connectivity index (χ1n) is 10.7. The molecule has 0 radical (unpaired) electrons. The normalized spacial score (nSPS) is 14.6. The molecule has 0 bridgehead atoms. The smallest absolute Gasteiger partial charge is 0.449 e. The predicted octanol–water partition coefficient (Wildman–Crippen LogP) is 9.31. The van der Waals surface area contributed by atoms with Gasteiger partial charge in [0.15, 0.2) is 0 Å². The van der Waals surface area contributed by atoms with Crippen LogP contribution < -0.4 is 4.74 Å². The van der Waals surface area contributed by atoms with E-state index in [4.69, 9.17) is 9.05 Å². The molecule has 1 aromatic carbocycles. The molecule has 0 aliphatic carbocycles. The summed E-state index contributed by atoms with van der Waals surface area (Å²) in [6.07, 6.45) is -40.4. The van der Waals surface area contributed by atoms with Gasteiger partial charge in [-0.25, -0.2) is 8.78 Å². The molecule has 4 nitrogen and oxygen atoms in total. The lowest BCUT2D eigenvalue weighted by Crippen LogP contribution is -2.67. The van der Waals surface area contributed by atoms with Crippen LogP contribution in [0.15, 0.2) is 35.6 Å². The molecule has 0 heterocycles. The van der Waals surface area contributed by atoms with Crippen LogP contribution in [-0.2, 0) is 19.8 Å². The van der Waals surface area contributed by atoms with Crippen molar-refractivity contribution in [1.29, 1.82) is 0 Å². The van der Waals surface area contributed by atoms with E-state index >= 15 is 0 Å². The summed E-state index contributed by atoms with van der Waals surface area (Å²) < 4.78 is 256. The number of hydrogen-bond acceptors (Lipinski definition) is 4.